The summed E-state index contributed by atoms with van der Waals surface area (Å²) in [5.74, 6) is 0. The fraction of sp³-hybridized carbons (Fsp3) is 0.417. The third-order valence-corrected chi connectivity index (χ3v) is 3.50. The van der Waals surface area contributed by atoms with Crippen LogP contribution >= 0.6 is 11.3 Å². The van der Waals surface area contributed by atoms with Crippen molar-refractivity contribution in [3.05, 3.63) is 29.2 Å². The minimum Gasteiger partial charge on any atom is -0.315 e. The molecule has 90 valence electrons. The monoisotopic (exact) mass is 248 g/mol. The van der Waals surface area contributed by atoms with Gasteiger partial charge in [-0.15, -0.1) is 11.3 Å². The predicted octanol–water partition coefficient (Wildman–Crippen LogP) is 2.27. The lowest BCUT2D eigenvalue weighted by Gasteiger charge is -1.98. The topological polar surface area (TPSA) is 50.7 Å². The maximum absolute atomic E-state index is 4.66. The second-order valence-corrected chi connectivity index (χ2v) is 4.84. The smallest absolute Gasteiger partial charge is 0.144 e. The Bertz CT molecular complexity index is 443. The second-order valence-electron chi connectivity index (χ2n) is 3.76. The van der Waals surface area contributed by atoms with E-state index in [1.807, 2.05) is 7.05 Å². The number of nitrogens with zero attached hydrogens (tertiary/aromatic N) is 3. The average molecular weight is 248 g/mol. The molecule has 2 aromatic heterocycles. The Morgan fingerprint density at radius 3 is 2.88 bits per heavy atom. The lowest BCUT2D eigenvalue weighted by Crippen LogP contribution is -2.05. The molecule has 0 fully saturated rings. The van der Waals surface area contributed by atoms with Crippen LogP contribution in [0.15, 0.2) is 18.6 Å². The predicted molar refractivity (Wildman–Crippen MR) is 69.9 cm³/mol. The van der Waals surface area contributed by atoms with Gasteiger partial charge < -0.3 is 5.32 Å². The second kappa shape index (κ2) is 5.84. The highest BCUT2D eigenvalue weighted by molar-refractivity contribution is 7.15. The molecule has 0 aliphatic carbocycles. The quantitative estimate of drug-likeness (QED) is 0.882. The number of hydrogen-bond donors (Lipinski definition) is 1. The van der Waals surface area contributed by atoms with Gasteiger partial charge in [0.25, 0.3) is 0 Å². The van der Waals surface area contributed by atoms with E-state index >= 15 is 0 Å². The van der Waals surface area contributed by atoms with Gasteiger partial charge >= 0.3 is 0 Å². The summed E-state index contributed by atoms with van der Waals surface area (Å²) in [6.07, 6.45) is 7.28. The Kier molecular flexibility index (Phi) is 4.17. The molecule has 5 heteroatoms. The molecule has 0 atom stereocenters. The van der Waals surface area contributed by atoms with E-state index in [0.717, 1.165) is 30.1 Å². The summed E-state index contributed by atoms with van der Waals surface area (Å²) in [5.41, 5.74) is 2.05. The first-order valence-corrected chi connectivity index (χ1v) is 6.56. The van der Waals surface area contributed by atoms with Crippen molar-refractivity contribution in [1.29, 1.82) is 0 Å². The van der Waals surface area contributed by atoms with E-state index in [9.17, 15) is 0 Å². The van der Waals surface area contributed by atoms with Crippen molar-refractivity contribution in [3.8, 4) is 10.7 Å². The van der Waals surface area contributed by atoms with Gasteiger partial charge in [0, 0.05) is 23.8 Å². The molecule has 0 aliphatic heterocycles. The summed E-state index contributed by atoms with van der Waals surface area (Å²) in [6.45, 7) is 3.04. The zero-order chi connectivity index (χ0) is 12.1. The summed E-state index contributed by atoms with van der Waals surface area (Å²) < 4.78 is 0. The minimum atomic E-state index is 0.859. The molecule has 17 heavy (non-hydrogen) atoms. The van der Waals surface area contributed by atoms with Crippen molar-refractivity contribution in [1.82, 2.24) is 20.3 Å². The van der Waals surface area contributed by atoms with Gasteiger partial charge in [0.2, 0.25) is 0 Å². The summed E-state index contributed by atoms with van der Waals surface area (Å²) in [4.78, 5) is 14.3. The van der Waals surface area contributed by atoms with E-state index < -0.39 is 0 Å². The highest BCUT2D eigenvalue weighted by Gasteiger charge is 2.12. The largest absolute Gasteiger partial charge is 0.315 e. The number of aromatic nitrogens is 3. The number of hydrogen-bond acceptors (Lipinski definition) is 5. The molecule has 0 saturated heterocycles. The van der Waals surface area contributed by atoms with E-state index in [4.69, 9.17) is 0 Å². The number of aryl methyl sites for hydroxylation is 1. The van der Waals surface area contributed by atoms with Gasteiger partial charge in [-0.1, -0.05) is 13.3 Å². The van der Waals surface area contributed by atoms with E-state index in [2.05, 4.69) is 27.2 Å². The summed E-state index contributed by atoms with van der Waals surface area (Å²) in [7, 11) is 1.96. The zero-order valence-electron chi connectivity index (χ0n) is 10.1. The molecule has 0 bridgehead atoms. The Hall–Kier alpha value is -1.33. The van der Waals surface area contributed by atoms with Crippen LogP contribution < -0.4 is 5.32 Å². The fourth-order valence-corrected chi connectivity index (χ4v) is 2.71. The standard InChI is InChI=1S/C12H16N4S/c1-3-4-9-11(8-13-2)17-12(16-9)10-7-14-5-6-15-10/h5-7,13H,3-4,8H2,1-2H3. The highest BCUT2D eigenvalue weighted by atomic mass is 32.1. The molecule has 0 aromatic carbocycles. The van der Waals surface area contributed by atoms with Crippen molar-refractivity contribution in [2.75, 3.05) is 7.05 Å². The van der Waals surface area contributed by atoms with Gasteiger partial charge in [-0.05, 0) is 13.5 Å². The summed E-state index contributed by atoms with van der Waals surface area (Å²) in [6, 6.07) is 0. The molecule has 0 spiro atoms. The lowest BCUT2D eigenvalue weighted by atomic mass is 10.2. The van der Waals surface area contributed by atoms with Crippen LogP contribution in [0.5, 0.6) is 0 Å². The van der Waals surface area contributed by atoms with Crippen LogP contribution in [-0.4, -0.2) is 22.0 Å². The average Bonchev–Trinajstić information content (AvgIpc) is 2.75. The van der Waals surface area contributed by atoms with Crippen LogP contribution in [0, 0.1) is 0 Å². The first-order valence-electron chi connectivity index (χ1n) is 5.74. The maximum Gasteiger partial charge on any atom is 0.144 e. The molecule has 1 N–H and O–H groups in total. The molecular weight excluding hydrogens is 232 g/mol. The van der Waals surface area contributed by atoms with Gasteiger partial charge in [0.15, 0.2) is 0 Å². The molecule has 4 nitrogen and oxygen atoms in total. The summed E-state index contributed by atoms with van der Waals surface area (Å²) >= 11 is 1.70. The highest BCUT2D eigenvalue weighted by Crippen LogP contribution is 2.27. The van der Waals surface area contributed by atoms with E-state index in [1.54, 1.807) is 29.9 Å². The van der Waals surface area contributed by atoms with Crippen molar-refractivity contribution >= 4 is 11.3 Å². The number of thiazole rings is 1. The Morgan fingerprint density at radius 2 is 2.24 bits per heavy atom. The normalized spacial score (nSPS) is 10.7. The molecule has 2 aromatic rings. The first-order chi connectivity index (χ1) is 8.35. The molecule has 0 radical (unpaired) electrons. The van der Waals surface area contributed by atoms with Gasteiger partial charge in [-0.3, -0.25) is 9.97 Å². The molecule has 0 unspecified atom stereocenters. The van der Waals surface area contributed by atoms with Crippen molar-refractivity contribution in [2.45, 2.75) is 26.3 Å². The van der Waals surface area contributed by atoms with Gasteiger partial charge in [-0.25, -0.2) is 4.98 Å². The van der Waals surface area contributed by atoms with Crippen molar-refractivity contribution in [3.63, 3.8) is 0 Å². The first kappa shape index (κ1) is 12.1. The SMILES string of the molecule is CCCc1nc(-c2cnccn2)sc1CNC. The maximum atomic E-state index is 4.66. The number of rotatable bonds is 5. The lowest BCUT2D eigenvalue weighted by molar-refractivity contribution is 0.798. The zero-order valence-corrected chi connectivity index (χ0v) is 10.9. The molecular formula is C12H16N4S. The van der Waals surface area contributed by atoms with E-state index in [1.165, 1.54) is 10.6 Å². The third kappa shape index (κ3) is 2.87. The minimum absolute atomic E-state index is 0.859. The van der Waals surface area contributed by atoms with Crippen molar-refractivity contribution in [2.24, 2.45) is 0 Å². The molecule has 0 aliphatic rings. The molecule has 0 saturated carbocycles. The fourth-order valence-electron chi connectivity index (χ4n) is 1.63. The number of nitrogens with one attached hydrogen (secondary N) is 1. The molecule has 2 heterocycles. The Balaban J connectivity index is 2.33. The van der Waals surface area contributed by atoms with E-state index in [0.29, 0.717) is 0 Å². The van der Waals surface area contributed by atoms with Crippen LogP contribution in [-0.2, 0) is 13.0 Å². The summed E-state index contributed by atoms with van der Waals surface area (Å²) in [5, 5.41) is 4.15. The molecule has 0 amide bonds. The van der Waals surface area contributed by atoms with Crippen molar-refractivity contribution < 1.29 is 0 Å². The van der Waals surface area contributed by atoms with Gasteiger partial charge in [0.05, 0.1) is 11.9 Å². The van der Waals surface area contributed by atoms with E-state index in [-0.39, 0.29) is 0 Å². The van der Waals surface area contributed by atoms with Crippen LogP contribution in [0.25, 0.3) is 10.7 Å². The molecule has 2 rings (SSSR count). The van der Waals surface area contributed by atoms with Gasteiger partial charge in [0.1, 0.15) is 10.7 Å². The van der Waals surface area contributed by atoms with Gasteiger partial charge in [-0.2, -0.15) is 0 Å². The van der Waals surface area contributed by atoms with Crippen LogP contribution in [0.3, 0.4) is 0 Å². The third-order valence-electron chi connectivity index (χ3n) is 2.38. The van der Waals surface area contributed by atoms with Crippen LogP contribution in [0.4, 0.5) is 0 Å². The van der Waals surface area contributed by atoms with Crippen LogP contribution in [0.2, 0.25) is 0 Å². The Labute approximate surface area is 105 Å². The van der Waals surface area contributed by atoms with Crippen LogP contribution in [0.1, 0.15) is 23.9 Å². The Morgan fingerprint density at radius 1 is 1.35 bits per heavy atom.